The summed E-state index contributed by atoms with van der Waals surface area (Å²) in [6.45, 7) is 0. The van der Waals surface area contributed by atoms with E-state index in [1.165, 1.54) is 21.8 Å². The van der Waals surface area contributed by atoms with Crippen LogP contribution in [0.25, 0.3) is 105 Å². The lowest BCUT2D eigenvalue weighted by Crippen LogP contribution is -1.95. The second-order valence-electron chi connectivity index (χ2n) is 12.5. The lowest BCUT2D eigenvalue weighted by atomic mass is 9.99. The summed E-state index contributed by atoms with van der Waals surface area (Å²) in [4.78, 5) is 10.4. The van der Waals surface area contributed by atoms with Crippen LogP contribution in [0.5, 0.6) is 0 Å². The Bertz CT molecular complexity index is 3060. The minimum Gasteiger partial charge on any atom is -0.455 e. The SMILES string of the molecule is c1ccc(-c2nc(-c3cc4c5ccc(-n6c7ccccc7c7ccccc76)cc5oc4c4ccccc34)nc3c2oc2ccccc23)cc1. The second kappa shape index (κ2) is 9.89. The third-order valence-electron chi connectivity index (χ3n) is 9.81. The zero-order valence-corrected chi connectivity index (χ0v) is 26.1. The van der Waals surface area contributed by atoms with Gasteiger partial charge in [-0.25, -0.2) is 9.97 Å². The summed E-state index contributed by atoms with van der Waals surface area (Å²) in [5.41, 5.74) is 10.1. The highest BCUT2D eigenvalue weighted by Gasteiger charge is 2.22. The summed E-state index contributed by atoms with van der Waals surface area (Å²) in [6.07, 6.45) is 0. The van der Waals surface area contributed by atoms with Crippen LogP contribution in [0.3, 0.4) is 0 Å². The number of hydrogen-bond donors (Lipinski definition) is 0. The van der Waals surface area contributed by atoms with Gasteiger partial charge in [-0.05, 0) is 47.9 Å². The molecule has 0 fully saturated rings. The molecule has 0 saturated heterocycles. The number of fused-ring (bicyclic) bond motifs is 11. The molecule has 0 aliphatic heterocycles. The van der Waals surface area contributed by atoms with E-state index in [1.54, 1.807) is 0 Å². The summed E-state index contributed by atoms with van der Waals surface area (Å²) < 4.78 is 15.5. The monoisotopic (exact) mass is 627 g/mol. The summed E-state index contributed by atoms with van der Waals surface area (Å²) in [7, 11) is 0. The van der Waals surface area contributed by atoms with Crippen LogP contribution in [0, 0.1) is 0 Å². The topological polar surface area (TPSA) is 57.0 Å². The first kappa shape index (κ1) is 26.4. The Labute approximate surface area is 279 Å². The first-order chi connectivity index (χ1) is 24.3. The van der Waals surface area contributed by atoms with Gasteiger partial charge >= 0.3 is 0 Å². The summed E-state index contributed by atoms with van der Waals surface area (Å²) in [6, 6.07) is 52.5. The van der Waals surface area contributed by atoms with Crippen LogP contribution in [0.15, 0.2) is 160 Å². The van der Waals surface area contributed by atoms with E-state index in [1.807, 2.05) is 36.4 Å². The number of rotatable bonds is 3. The van der Waals surface area contributed by atoms with Crippen LogP contribution in [-0.2, 0) is 0 Å². The Hall–Kier alpha value is -6.72. The number of benzene rings is 7. The molecule has 49 heavy (non-hydrogen) atoms. The van der Waals surface area contributed by atoms with E-state index >= 15 is 0 Å². The van der Waals surface area contributed by atoms with Crippen molar-refractivity contribution in [3.63, 3.8) is 0 Å². The predicted molar refractivity (Wildman–Crippen MR) is 199 cm³/mol. The highest BCUT2D eigenvalue weighted by atomic mass is 16.3. The standard InChI is InChI=1S/C44H25N3O2/c1-2-12-26(13-3-1)40-43-41(33-18-8-11-21-38(33)48-43)46-44(45-40)35-25-34-31-23-22-27(24-39(31)49-42(34)32-17-5-4-14-28(32)35)47-36-19-9-6-15-29(36)30-16-7-10-20-37(30)47/h1-25H. The lowest BCUT2D eigenvalue weighted by molar-refractivity contribution is 0.667. The van der Waals surface area contributed by atoms with Gasteiger partial charge in [-0.3, -0.25) is 0 Å². The number of nitrogens with zero attached hydrogens (tertiary/aromatic N) is 3. The van der Waals surface area contributed by atoms with Crippen LogP contribution in [0.1, 0.15) is 0 Å². The third-order valence-corrected chi connectivity index (χ3v) is 9.81. The maximum atomic E-state index is 6.76. The van der Waals surface area contributed by atoms with E-state index in [0.717, 1.165) is 71.7 Å². The van der Waals surface area contributed by atoms with Crippen LogP contribution >= 0.6 is 0 Å². The molecule has 7 aromatic carbocycles. The van der Waals surface area contributed by atoms with Gasteiger partial charge < -0.3 is 13.4 Å². The van der Waals surface area contributed by atoms with Crippen LogP contribution in [-0.4, -0.2) is 14.5 Å². The zero-order valence-electron chi connectivity index (χ0n) is 26.1. The Morgan fingerprint density at radius 1 is 0.429 bits per heavy atom. The van der Waals surface area contributed by atoms with E-state index in [-0.39, 0.29) is 0 Å². The van der Waals surface area contributed by atoms with Crippen molar-refractivity contribution >= 4 is 76.6 Å². The van der Waals surface area contributed by atoms with Crippen LogP contribution < -0.4 is 0 Å². The van der Waals surface area contributed by atoms with Gasteiger partial charge in [0.15, 0.2) is 11.4 Å². The maximum Gasteiger partial charge on any atom is 0.180 e. The minimum absolute atomic E-state index is 0.646. The molecule has 5 heteroatoms. The van der Waals surface area contributed by atoms with Crippen molar-refractivity contribution < 1.29 is 8.83 Å². The Balaban J connectivity index is 1.19. The highest BCUT2D eigenvalue weighted by molar-refractivity contribution is 6.19. The summed E-state index contributed by atoms with van der Waals surface area (Å²) in [5.74, 6) is 0.646. The van der Waals surface area contributed by atoms with E-state index in [4.69, 9.17) is 18.8 Å². The first-order valence-corrected chi connectivity index (χ1v) is 16.4. The molecular weight excluding hydrogens is 603 g/mol. The largest absolute Gasteiger partial charge is 0.455 e. The predicted octanol–water partition coefficient (Wildman–Crippen LogP) is 11.9. The van der Waals surface area contributed by atoms with Crippen molar-refractivity contribution in [3.05, 3.63) is 152 Å². The molecule has 0 radical (unpaired) electrons. The number of aromatic nitrogens is 3. The van der Waals surface area contributed by atoms with Crippen molar-refractivity contribution in [2.24, 2.45) is 0 Å². The Kier molecular flexibility index (Phi) is 5.32. The fourth-order valence-corrected chi connectivity index (χ4v) is 7.61. The molecule has 0 saturated carbocycles. The number of para-hydroxylation sites is 3. The van der Waals surface area contributed by atoms with Crippen molar-refractivity contribution in [3.8, 4) is 28.3 Å². The van der Waals surface area contributed by atoms with Gasteiger partial charge in [0.05, 0.1) is 11.0 Å². The highest BCUT2D eigenvalue weighted by Crippen LogP contribution is 2.42. The third kappa shape index (κ3) is 3.75. The molecule has 0 bridgehead atoms. The molecule has 0 N–H and O–H groups in total. The molecule has 0 amide bonds. The van der Waals surface area contributed by atoms with Crippen molar-refractivity contribution in [1.29, 1.82) is 0 Å². The van der Waals surface area contributed by atoms with Gasteiger partial charge in [0.1, 0.15) is 28.0 Å². The van der Waals surface area contributed by atoms with E-state index in [0.29, 0.717) is 11.4 Å². The second-order valence-corrected chi connectivity index (χ2v) is 12.5. The van der Waals surface area contributed by atoms with Crippen LogP contribution in [0.4, 0.5) is 0 Å². The van der Waals surface area contributed by atoms with Crippen molar-refractivity contribution in [1.82, 2.24) is 14.5 Å². The Morgan fingerprint density at radius 3 is 1.84 bits per heavy atom. The molecule has 11 aromatic rings. The smallest absolute Gasteiger partial charge is 0.180 e. The van der Waals surface area contributed by atoms with Gasteiger partial charge in [-0.15, -0.1) is 0 Å². The normalized spacial score (nSPS) is 12.1. The van der Waals surface area contributed by atoms with Gasteiger partial charge in [0.2, 0.25) is 0 Å². The molecule has 0 unspecified atom stereocenters. The van der Waals surface area contributed by atoms with Crippen molar-refractivity contribution in [2.75, 3.05) is 0 Å². The molecule has 4 aromatic heterocycles. The summed E-state index contributed by atoms with van der Waals surface area (Å²) in [5, 5.41) is 7.56. The van der Waals surface area contributed by atoms with E-state index < -0.39 is 0 Å². The fraction of sp³-hybridized carbons (Fsp3) is 0. The van der Waals surface area contributed by atoms with Gasteiger partial charge in [0.25, 0.3) is 0 Å². The molecule has 11 rings (SSSR count). The van der Waals surface area contributed by atoms with Gasteiger partial charge in [0, 0.05) is 55.2 Å². The zero-order chi connectivity index (χ0) is 32.1. The minimum atomic E-state index is 0.646. The number of furan rings is 2. The van der Waals surface area contributed by atoms with E-state index in [9.17, 15) is 0 Å². The van der Waals surface area contributed by atoms with Gasteiger partial charge in [-0.2, -0.15) is 0 Å². The first-order valence-electron chi connectivity index (χ1n) is 16.4. The number of hydrogen-bond acceptors (Lipinski definition) is 4. The molecule has 4 heterocycles. The molecule has 0 spiro atoms. The van der Waals surface area contributed by atoms with Crippen molar-refractivity contribution in [2.45, 2.75) is 0 Å². The molecular formula is C44H25N3O2. The molecule has 228 valence electrons. The summed E-state index contributed by atoms with van der Waals surface area (Å²) >= 11 is 0. The average Bonchev–Trinajstić information content (AvgIpc) is 3.84. The van der Waals surface area contributed by atoms with Gasteiger partial charge in [-0.1, -0.05) is 103 Å². The molecule has 0 aliphatic rings. The quantitative estimate of drug-likeness (QED) is 0.196. The molecule has 0 aliphatic carbocycles. The Morgan fingerprint density at radius 2 is 1.06 bits per heavy atom. The molecule has 0 atom stereocenters. The molecule has 5 nitrogen and oxygen atoms in total. The maximum absolute atomic E-state index is 6.76. The average molecular weight is 628 g/mol. The lowest BCUT2D eigenvalue weighted by Gasteiger charge is -2.09. The van der Waals surface area contributed by atoms with E-state index in [2.05, 4.69) is 120 Å². The fourth-order valence-electron chi connectivity index (χ4n) is 7.61. The van der Waals surface area contributed by atoms with Crippen LogP contribution in [0.2, 0.25) is 0 Å².